The van der Waals surface area contributed by atoms with Crippen LogP contribution in [0.2, 0.25) is 0 Å². The normalized spacial score (nSPS) is 9.44. The molecule has 0 N–H and O–H groups in total. The van der Waals surface area contributed by atoms with E-state index in [0.717, 1.165) is 0 Å². The first kappa shape index (κ1) is 7.59. The lowest BCUT2D eigenvalue weighted by atomic mass is 10.3. The third kappa shape index (κ3) is 3.20. The van der Waals surface area contributed by atoms with Crippen LogP contribution in [0.4, 0.5) is 0 Å². The van der Waals surface area contributed by atoms with Gasteiger partial charge in [0.05, 0.1) is 6.61 Å². The van der Waals surface area contributed by atoms with E-state index in [0.29, 0.717) is 6.61 Å². The van der Waals surface area contributed by atoms with E-state index in [9.17, 15) is 0 Å². The molecule has 46 valence electrons. The summed E-state index contributed by atoms with van der Waals surface area (Å²) in [6, 6.07) is 1.79. The van der Waals surface area contributed by atoms with Crippen molar-refractivity contribution in [3.8, 4) is 18.4 Å². The van der Waals surface area contributed by atoms with E-state index in [1.807, 2.05) is 6.92 Å². The number of rotatable bonds is 2. The largest absolute Gasteiger partial charge is 0.499 e. The first-order valence-electron chi connectivity index (χ1n) is 2.53. The Balaban J connectivity index is 3.85. The van der Waals surface area contributed by atoms with Crippen molar-refractivity contribution in [2.75, 3.05) is 6.61 Å². The highest BCUT2D eigenvalue weighted by Gasteiger charge is 1.84. The van der Waals surface area contributed by atoms with Crippen LogP contribution in [0.25, 0.3) is 0 Å². The van der Waals surface area contributed by atoms with E-state index in [2.05, 4.69) is 5.92 Å². The Kier molecular flexibility index (Phi) is 4.00. The van der Waals surface area contributed by atoms with Crippen molar-refractivity contribution in [2.24, 2.45) is 0 Å². The summed E-state index contributed by atoms with van der Waals surface area (Å²) in [6.45, 7) is 2.36. The van der Waals surface area contributed by atoms with Gasteiger partial charge in [0, 0.05) is 0 Å². The average Bonchev–Trinajstić information content (AvgIpc) is 1.91. The van der Waals surface area contributed by atoms with Crippen molar-refractivity contribution >= 4 is 0 Å². The molecule has 0 fully saturated rings. The summed E-state index contributed by atoms with van der Waals surface area (Å²) in [5.41, 5.74) is 0.219. The zero-order valence-corrected chi connectivity index (χ0v) is 5.22. The highest BCUT2D eigenvalue weighted by atomic mass is 16.5. The third-order valence-corrected chi connectivity index (χ3v) is 0.644. The van der Waals surface area contributed by atoms with Gasteiger partial charge in [-0.15, -0.1) is 6.42 Å². The van der Waals surface area contributed by atoms with Crippen molar-refractivity contribution in [1.29, 1.82) is 5.26 Å². The first-order chi connectivity index (χ1) is 4.35. The molecule has 0 aromatic carbocycles. The van der Waals surface area contributed by atoms with Crippen molar-refractivity contribution in [3.63, 3.8) is 0 Å². The fraction of sp³-hybridized carbons (Fsp3) is 0.286. The summed E-state index contributed by atoms with van der Waals surface area (Å²) < 4.78 is 4.75. The molecule has 0 heterocycles. The summed E-state index contributed by atoms with van der Waals surface area (Å²) >= 11 is 0. The molecule has 0 aliphatic carbocycles. The molecular weight excluding hydrogens is 114 g/mol. The van der Waals surface area contributed by atoms with Crippen molar-refractivity contribution in [1.82, 2.24) is 0 Å². The van der Waals surface area contributed by atoms with Crippen LogP contribution in [0, 0.1) is 23.7 Å². The Labute approximate surface area is 54.7 Å². The lowest BCUT2D eigenvalue weighted by Gasteiger charge is -1.89. The predicted octanol–water partition coefficient (Wildman–Crippen LogP) is 1.06. The maximum atomic E-state index is 8.21. The molecule has 0 rings (SSSR count). The SMILES string of the molecule is C#CC(C#N)=COCC. The van der Waals surface area contributed by atoms with E-state index >= 15 is 0 Å². The van der Waals surface area contributed by atoms with Crippen LogP contribution in [0.3, 0.4) is 0 Å². The summed E-state index contributed by atoms with van der Waals surface area (Å²) in [4.78, 5) is 0. The lowest BCUT2D eigenvalue weighted by molar-refractivity contribution is 0.268. The zero-order valence-electron chi connectivity index (χ0n) is 5.22. The van der Waals surface area contributed by atoms with Gasteiger partial charge in [0.2, 0.25) is 0 Å². The molecule has 0 radical (unpaired) electrons. The molecule has 0 saturated carbocycles. The van der Waals surface area contributed by atoms with Gasteiger partial charge < -0.3 is 4.74 Å². The Morgan fingerprint density at radius 3 is 2.89 bits per heavy atom. The second-order valence-corrected chi connectivity index (χ2v) is 1.24. The van der Waals surface area contributed by atoms with Crippen LogP contribution < -0.4 is 0 Å². The summed E-state index contributed by atoms with van der Waals surface area (Å²) in [5.74, 6) is 2.16. The van der Waals surface area contributed by atoms with Gasteiger partial charge in [-0.3, -0.25) is 0 Å². The Hall–Kier alpha value is -1.41. The van der Waals surface area contributed by atoms with Crippen LogP contribution in [-0.2, 0) is 4.74 Å². The van der Waals surface area contributed by atoms with Crippen LogP contribution in [-0.4, -0.2) is 6.61 Å². The minimum atomic E-state index is 0.219. The predicted molar refractivity (Wildman–Crippen MR) is 34.2 cm³/mol. The van der Waals surface area contributed by atoms with Crippen molar-refractivity contribution in [2.45, 2.75) is 6.92 Å². The van der Waals surface area contributed by atoms with E-state index < -0.39 is 0 Å². The highest BCUT2D eigenvalue weighted by molar-refractivity contribution is 5.36. The van der Waals surface area contributed by atoms with Crippen LogP contribution in [0.5, 0.6) is 0 Å². The molecule has 0 aliphatic rings. The smallest absolute Gasteiger partial charge is 0.136 e. The maximum Gasteiger partial charge on any atom is 0.136 e. The van der Waals surface area contributed by atoms with E-state index in [1.54, 1.807) is 6.07 Å². The Morgan fingerprint density at radius 2 is 2.56 bits per heavy atom. The van der Waals surface area contributed by atoms with Gasteiger partial charge in [0.25, 0.3) is 0 Å². The topological polar surface area (TPSA) is 33.0 Å². The number of terminal acetylenes is 1. The number of hydrogen-bond donors (Lipinski definition) is 0. The molecule has 0 aromatic rings. The number of ether oxygens (including phenoxy) is 1. The third-order valence-electron chi connectivity index (χ3n) is 0.644. The molecule has 0 bridgehead atoms. The molecule has 0 aliphatic heterocycles. The molecule has 2 nitrogen and oxygen atoms in total. The average molecular weight is 121 g/mol. The second kappa shape index (κ2) is 4.74. The van der Waals surface area contributed by atoms with Gasteiger partial charge in [-0.05, 0) is 6.92 Å². The minimum Gasteiger partial charge on any atom is -0.499 e. The molecule has 0 atom stereocenters. The Bertz CT molecular complexity index is 164. The second-order valence-electron chi connectivity index (χ2n) is 1.24. The molecule has 0 amide bonds. The summed E-state index contributed by atoms with van der Waals surface area (Å²) in [5, 5.41) is 8.21. The molecule has 2 heteroatoms. The fourth-order valence-corrected chi connectivity index (χ4v) is 0.259. The van der Waals surface area contributed by atoms with E-state index in [-0.39, 0.29) is 5.57 Å². The Morgan fingerprint density at radius 1 is 1.89 bits per heavy atom. The van der Waals surface area contributed by atoms with E-state index in [4.69, 9.17) is 16.4 Å². The number of nitrogens with zero attached hydrogens (tertiary/aromatic N) is 1. The van der Waals surface area contributed by atoms with Gasteiger partial charge >= 0.3 is 0 Å². The lowest BCUT2D eigenvalue weighted by Crippen LogP contribution is -1.80. The molecule has 9 heavy (non-hydrogen) atoms. The molecule has 0 unspecified atom stereocenters. The summed E-state index contributed by atoms with van der Waals surface area (Å²) in [7, 11) is 0. The van der Waals surface area contributed by atoms with E-state index in [1.165, 1.54) is 6.26 Å². The van der Waals surface area contributed by atoms with Gasteiger partial charge in [0.15, 0.2) is 0 Å². The van der Waals surface area contributed by atoms with Gasteiger partial charge in [-0.2, -0.15) is 5.26 Å². The molecule has 0 saturated heterocycles. The quantitative estimate of drug-likeness (QED) is 0.311. The van der Waals surface area contributed by atoms with Crippen LogP contribution in [0.1, 0.15) is 6.92 Å². The maximum absolute atomic E-state index is 8.21. The fourth-order valence-electron chi connectivity index (χ4n) is 0.259. The monoisotopic (exact) mass is 121 g/mol. The zero-order chi connectivity index (χ0) is 7.11. The highest BCUT2D eigenvalue weighted by Crippen LogP contribution is 1.88. The number of allylic oxidation sites excluding steroid dienone is 1. The molecular formula is C7H7NO. The molecule has 0 spiro atoms. The minimum absolute atomic E-state index is 0.219. The number of nitriles is 1. The van der Waals surface area contributed by atoms with Gasteiger partial charge in [-0.25, -0.2) is 0 Å². The first-order valence-corrected chi connectivity index (χ1v) is 2.53. The standard InChI is InChI=1S/C7H7NO/c1-3-7(5-8)6-9-4-2/h1,6H,4H2,2H3. The summed E-state index contributed by atoms with van der Waals surface area (Å²) in [6.07, 6.45) is 6.18. The van der Waals surface area contributed by atoms with Crippen molar-refractivity contribution in [3.05, 3.63) is 11.8 Å². The van der Waals surface area contributed by atoms with Crippen LogP contribution in [0.15, 0.2) is 11.8 Å². The van der Waals surface area contributed by atoms with Gasteiger partial charge in [0.1, 0.15) is 17.9 Å². The number of hydrogen-bond acceptors (Lipinski definition) is 2. The van der Waals surface area contributed by atoms with Gasteiger partial charge in [-0.1, -0.05) is 5.92 Å². The van der Waals surface area contributed by atoms with Crippen molar-refractivity contribution < 1.29 is 4.74 Å². The molecule has 0 aromatic heterocycles. The van der Waals surface area contributed by atoms with Crippen LogP contribution >= 0.6 is 0 Å².